The number of thioether (sulfide) groups is 1. The van der Waals surface area contributed by atoms with Gasteiger partial charge in [-0.2, -0.15) is 11.8 Å². The number of nitrogens with one attached hydrogen (secondary N) is 1. The third-order valence-electron chi connectivity index (χ3n) is 3.82. The van der Waals surface area contributed by atoms with Gasteiger partial charge in [-0.3, -0.25) is 15.1 Å². The van der Waals surface area contributed by atoms with Gasteiger partial charge in [0.25, 0.3) is 11.9 Å². The summed E-state index contributed by atoms with van der Waals surface area (Å²) in [7, 11) is 0. The lowest BCUT2D eigenvalue weighted by atomic mass is 10.1. The maximum absolute atomic E-state index is 12.7. The van der Waals surface area contributed by atoms with Gasteiger partial charge in [0.2, 0.25) is 0 Å². The van der Waals surface area contributed by atoms with Crippen LogP contribution in [0.25, 0.3) is 0 Å². The van der Waals surface area contributed by atoms with E-state index >= 15 is 0 Å². The molecule has 2 saturated heterocycles. The zero-order valence-corrected chi connectivity index (χ0v) is 12.0. The zero-order chi connectivity index (χ0) is 14.4. The first-order valence-corrected chi connectivity index (χ1v) is 7.95. The van der Waals surface area contributed by atoms with Crippen molar-refractivity contribution in [2.45, 2.75) is 12.1 Å². The largest absolute Gasteiger partial charge is 0.486 e. The molecular weight excluding hydrogens is 292 g/mol. The van der Waals surface area contributed by atoms with Gasteiger partial charge in [-0.1, -0.05) is 0 Å². The Morgan fingerprint density at radius 3 is 2.90 bits per heavy atom. The van der Waals surface area contributed by atoms with Gasteiger partial charge in [0, 0.05) is 17.1 Å². The van der Waals surface area contributed by atoms with Gasteiger partial charge in [-0.25, -0.2) is 0 Å². The molecule has 0 bridgehead atoms. The first-order valence-electron chi connectivity index (χ1n) is 6.80. The van der Waals surface area contributed by atoms with Crippen molar-refractivity contribution < 1.29 is 19.0 Å². The molecule has 110 valence electrons. The minimum Gasteiger partial charge on any atom is -0.486 e. The number of carbonyl (C=O) groups excluding carboxylic acids is 1. The topological polar surface area (TPSA) is 71.9 Å². The molecule has 6 nitrogen and oxygen atoms in total. The summed E-state index contributed by atoms with van der Waals surface area (Å²) >= 11 is 1.75. The van der Waals surface area contributed by atoms with Crippen LogP contribution in [0.3, 0.4) is 0 Å². The van der Waals surface area contributed by atoms with E-state index in [1.807, 2.05) is 0 Å². The predicted molar refractivity (Wildman–Crippen MR) is 77.3 cm³/mol. The van der Waals surface area contributed by atoms with Gasteiger partial charge in [-0.15, -0.1) is 0 Å². The second kappa shape index (κ2) is 4.84. The maximum atomic E-state index is 12.7. The van der Waals surface area contributed by atoms with Gasteiger partial charge < -0.3 is 14.2 Å². The molecule has 2 fully saturated rings. The summed E-state index contributed by atoms with van der Waals surface area (Å²) in [5.41, 5.74) is 0.491. The Labute approximate surface area is 125 Å². The maximum Gasteiger partial charge on any atom is 0.292 e. The molecule has 3 aliphatic heterocycles. The number of carbonyl (C=O) groups is 1. The van der Waals surface area contributed by atoms with Crippen molar-refractivity contribution in [2.24, 2.45) is 0 Å². The van der Waals surface area contributed by atoms with E-state index in [4.69, 9.17) is 19.6 Å². The van der Waals surface area contributed by atoms with E-state index in [0.717, 1.165) is 11.5 Å². The summed E-state index contributed by atoms with van der Waals surface area (Å²) in [6.07, 6.45) is -0.0522. The molecule has 1 aromatic rings. The van der Waals surface area contributed by atoms with Crippen molar-refractivity contribution in [1.82, 2.24) is 4.90 Å². The number of hydrogen-bond donors (Lipinski definition) is 1. The van der Waals surface area contributed by atoms with Crippen molar-refractivity contribution in [3.05, 3.63) is 23.8 Å². The quantitative estimate of drug-likeness (QED) is 0.848. The molecule has 2 atom stereocenters. The number of amides is 1. The molecule has 0 unspecified atom stereocenters. The van der Waals surface area contributed by atoms with E-state index in [2.05, 4.69) is 0 Å². The van der Waals surface area contributed by atoms with Crippen LogP contribution in [0, 0.1) is 5.41 Å². The van der Waals surface area contributed by atoms with E-state index in [0.29, 0.717) is 30.3 Å². The Hall–Kier alpha value is -1.89. The molecule has 0 aromatic heterocycles. The summed E-state index contributed by atoms with van der Waals surface area (Å²) in [5, 5.41) is 7.89. The normalized spacial score (nSPS) is 26.5. The van der Waals surface area contributed by atoms with Crippen molar-refractivity contribution in [2.75, 3.05) is 24.7 Å². The third-order valence-corrected chi connectivity index (χ3v) is 4.96. The van der Waals surface area contributed by atoms with E-state index in [9.17, 15) is 4.79 Å². The fourth-order valence-corrected chi connectivity index (χ4v) is 4.05. The monoisotopic (exact) mass is 306 g/mol. The molecule has 0 saturated carbocycles. The molecule has 0 spiro atoms. The predicted octanol–water partition coefficient (Wildman–Crippen LogP) is 1.35. The van der Waals surface area contributed by atoms with Gasteiger partial charge in [-0.05, 0) is 18.2 Å². The smallest absolute Gasteiger partial charge is 0.292 e. The molecule has 1 aromatic carbocycles. The summed E-state index contributed by atoms with van der Waals surface area (Å²) < 4.78 is 16.4. The second-order valence-electron chi connectivity index (χ2n) is 5.10. The molecule has 3 heterocycles. The van der Waals surface area contributed by atoms with E-state index < -0.39 is 0 Å². The second-order valence-corrected chi connectivity index (χ2v) is 6.17. The standard InChI is InChI=1S/C14H14N2O4S/c15-14-16(9-6-21-7-12(9)20-14)13(17)8-1-2-10-11(5-8)19-4-3-18-10/h1-2,5,9,12,15H,3-4,6-7H2/t9-,12-/m0/s1. The van der Waals surface area contributed by atoms with Crippen LogP contribution in [0.1, 0.15) is 10.4 Å². The van der Waals surface area contributed by atoms with Crippen LogP contribution in [-0.4, -0.2) is 53.7 Å². The lowest BCUT2D eigenvalue weighted by Gasteiger charge is -2.22. The number of benzene rings is 1. The summed E-state index contributed by atoms with van der Waals surface area (Å²) in [6, 6.07) is 5.04. The Balaban J connectivity index is 1.64. The minimum absolute atomic E-state index is 0.0387. The summed E-state index contributed by atoms with van der Waals surface area (Å²) in [6.45, 7) is 1.00. The van der Waals surface area contributed by atoms with E-state index in [1.54, 1.807) is 30.0 Å². The van der Waals surface area contributed by atoms with Gasteiger partial charge in [0.1, 0.15) is 19.3 Å². The van der Waals surface area contributed by atoms with E-state index in [1.165, 1.54) is 4.90 Å². The zero-order valence-electron chi connectivity index (χ0n) is 11.2. The van der Waals surface area contributed by atoms with Crippen LogP contribution in [0.4, 0.5) is 0 Å². The summed E-state index contributed by atoms with van der Waals surface area (Å²) in [5.74, 6) is 2.66. The minimum atomic E-state index is -0.216. The van der Waals surface area contributed by atoms with Crippen molar-refractivity contribution in [3.8, 4) is 11.5 Å². The molecule has 0 radical (unpaired) electrons. The molecule has 7 heteroatoms. The summed E-state index contributed by atoms with van der Waals surface area (Å²) in [4.78, 5) is 14.1. The van der Waals surface area contributed by atoms with Crippen LogP contribution in [0.2, 0.25) is 0 Å². The van der Waals surface area contributed by atoms with Crippen LogP contribution in [-0.2, 0) is 4.74 Å². The van der Waals surface area contributed by atoms with Crippen molar-refractivity contribution in [1.29, 1.82) is 5.41 Å². The van der Waals surface area contributed by atoms with E-state index in [-0.39, 0.29) is 24.1 Å². The first kappa shape index (κ1) is 12.8. The van der Waals surface area contributed by atoms with Crippen LogP contribution < -0.4 is 9.47 Å². The highest BCUT2D eigenvalue weighted by atomic mass is 32.2. The van der Waals surface area contributed by atoms with Crippen molar-refractivity contribution in [3.63, 3.8) is 0 Å². The molecule has 3 aliphatic rings. The van der Waals surface area contributed by atoms with Crippen LogP contribution in [0.15, 0.2) is 18.2 Å². The highest BCUT2D eigenvalue weighted by molar-refractivity contribution is 7.99. The first-order chi connectivity index (χ1) is 10.2. The lowest BCUT2D eigenvalue weighted by molar-refractivity contribution is 0.0822. The number of amidine groups is 1. The Kier molecular flexibility index (Phi) is 2.95. The molecular formula is C14H14N2O4S. The number of hydrogen-bond acceptors (Lipinski definition) is 6. The fraction of sp³-hybridized carbons (Fsp3) is 0.429. The Morgan fingerprint density at radius 2 is 2.05 bits per heavy atom. The third kappa shape index (κ3) is 2.03. The number of ether oxygens (including phenoxy) is 3. The fourth-order valence-electron chi connectivity index (χ4n) is 2.79. The van der Waals surface area contributed by atoms with Gasteiger partial charge in [0.05, 0.1) is 6.04 Å². The highest BCUT2D eigenvalue weighted by Crippen LogP contribution is 2.35. The Morgan fingerprint density at radius 1 is 1.24 bits per heavy atom. The average molecular weight is 306 g/mol. The molecule has 21 heavy (non-hydrogen) atoms. The highest BCUT2D eigenvalue weighted by Gasteiger charge is 2.46. The Bertz CT molecular complexity index is 621. The average Bonchev–Trinajstić information content (AvgIpc) is 3.06. The van der Waals surface area contributed by atoms with Crippen LogP contribution in [0.5, 0.6) is 11.5 Å². The molecule has 0 aliphatic carbocycles. The van der Waals surface area contributed by atoms with Crippen molar-refractivity contribution >= 4 is 23.7 Å². The molecule has 1 amide bonds. The molecule has 1 N–H and O–H groups in total. The number of nitrogens with zero attached hydrogens (tertiary/aromatic N) is 1. The lowest BCUT2D eigenvalue weighted by Crippen LogP contribution is -2.41. The van der Waals surface area contributed by atoms with Crippen LogP contribution >= 0.6 is 11.8 Å². The molecule has 4 rings (SSSR count). The van der Waals surface area contributed by atoms with Gasteiger partial charge >= 0.3 is 0 Å². The number of rotatable bonds is 1. The SMILES string of the molecule is N=C1O[C@H]2CSC[C@@H]2N1C(=O)c1ccc2c(c1)OCCO2. The number of fused-ring (bicyclic) bond motifs is 2. The van der Waals surface area contributed by atoms with Gasteiger partial charge in [0.15, 0.2) is 11.5 Å².